The molecule has 1 heterocycles. The van der Waals surface area contributed by atoms with Gasteiger partial charge in [-0.2, -0.15) is 0 Å². The first-order valence-corrected chi connectivity index (χ1v) is 6.91. The number of aryl methyl sites for hydroxylation is 1. The summed E-state index contributed by atoms with van der Waals surface area (Å²) in [4.78, 5) is 11.8. The largest absolute Gasteiger partial charge is 0.459 e. The molecule has 0 atom stereocenters. The molecule has 0 saturated heterocycles. The molecule has 2 aromatic rings. The summed E-state index contributed by atoms with van der Waals surface area (Å²) in [5, 5.41) is 7.65. The van der Waals surface area contributed by atoms with Gasteiger partial charge >= 0.3 is 0 Å². The number of hydrogen-bond donors (Lipinski definition) is 2. The summed E-state index contributed by atoms with van der Waals surface area (Å²) < 4.78 is 27.3. The zero-order valence-corrected chi connectivity index (χ0v) is 10.9. The molecular formula is C12H12N2O4S. The van der Waals surface area contributed by atoms with Crippen LogP contribution in [0.1, 0.15) is 16.1 Å². The molecule has 6 nitrogen and oxygen atoms in total. The Morgan fingerprint density at radius 2 is 2.05 bits per heavy atom. The summed E-state index contributed by atoms with van der Waals surface area (Å²) in [5.41, 5.74) is 1.08. The molecule has 3 N–H and O–H groups in total. The number of primary sulfonamides is 1. The van der Waals surface area contributed by atoms with E-state index in [1.165, 1.54) is 30.5 Å². The number of furan rings is 1. The maximum absolute atomic E-state index is 11.8. The van der Waals surface area contributed by atoms with Crippen LogP contribution in [-0.4, -0.2) is 14.3 Å². The number of benzene rings is 1. The minimum absolute atomic E-state index is 0.000924. The number of carbonyl (C=O) groups is 1. The van der Waals surface area contributed by atoms with Gasteiger partial charge in [0.05, 0.1) is 11.2 Å². The second-order valence-electron chi connectivity index (χ2n) is 3.95. The van der Waals surface area contributed by atoms with Crippen LogP contribution in [0.3, 0.4) is 0 Å². The van der Waals surface area contributed by atoms with Gasteiger partial charge in [0.15, 0.2) is 5.76 Å². The van der Waals surface area contributed by atoms with E-state index >= 15 is 0 Å². The third kappa shape index (κ3) is 3.01. The number of sulfonamides is 1. The maximum atomic E-state index is 11.8. The Bertz CT molecular complexity index is 705. The molecule has 0 aliphatic heterocycles. The molecule has 100 valence electrons. The first-order chi connectivity index (χ1) is 8.88. The van der Waals surface area contributed by atoms with Gasteiger partial charge in [-0.3, -0.25) is 4.79 Å². The summed E-state index contributed by atoms with van der Waals surface area (Å²) in [6, 6.07) is 7.35. The fraction of sp³-hybridized carbons (Fsp3) is 0.0833. The molecule has 2 rings (SSSR count). The van der Waals surface area contributed by atoms with Crippen LogP contribution in [0.5, 0.6) is 0 Å². The average molecular weight is 280 g/mol. The Hall–Kier alpha value is -2.12. The first kappa shape index (κ1) is 13.3. The standard InChI is InChI=1S/C12H12N2O4S/c1-8-7-9(19(13,16)17)4-5-10(8)14-12(15)11-3-2-6-18-11/h2-7H,1H3,(H,14,15)(H2,13,16,17). The van der Waals surface area contributed by atoms with E-state index in [0.717, 1.165) is 0 Å². The number of hydrogen-bond acceptors (Lipinski definition) is 4. The monoisotopic (exact) mass is 280 g/mol. The van der Waals surface area contributed by atoms with Gasteiger partial charge in [-0.25, -0.2) is 13.6 Å². The molecule has 0 fully saturated rings. The summed E-state index contributed by atoms with van der Waals surface area (Å²) in [6.07, 6.45) is 1.39. The lowest BCUT2D eigenvalue weighted by molar-refractivity contribution is 0.0996. The highest BCUT2D eigenvalue weighted by atomic mass is 32.2. The summed E-state index contributed by atoms with van der Waals surface area (Å²) in [7, 11) is -3.74. The van der Waals surface area contributed by atoms with Crippen molar-refractivity contribution >= 4 is 21.6 Å². The van der Waals surface area contributed by atoms with Gasteiger partial charge in [0.25, 0.3) is 5.91 Å². The molecule has 0 bridgehead atoms. The molecular weight excluding hydrogens is 268 g/mol. The van der Waals surface area contributed by atoms with Crippen LogP contribution < -0.4 is 10.5 Å². The van der Waals surface area contributed by atoms with Crippen molar-refractivity contribution in [1.82, 2.24) is 0 Å². The van der Waals surface area contributed by atoms with E-state index in [1.807, 2.05) is 0 Å². The summed E-state index contributed by atoms with van der Waals surface area (Å²) in [6.45, 7) is 1.67. The predicted molar refractivity (Wildman–Crippen MR) is 69.2 cm³/mol. The Balaban J connectivity index is 2.25. The Morgan fingerprint density at radius 3 is 2.58 bits per heavy atom. The van der Waals surface area contributed by atoms with Crippen molar-refractivity contribution in [3.63, 3.8) is 0 Å². The number of nitrogens with one attached hydrogen (secondary N) is 1. The molecule has 0 saturated carbocycles. The highest BCUT2D eigenvalue weighted by molar-refractivity contribution is 7.89. The first-order valence-electron chi connectivity index (χ1n) is 5.36. The van der Waals surface area contributed by atoms with Crippen LogP contribution in [0.15, 0.2) is 45.9 Å². The zero-order valence-electron chi connectivity index (χ0n) is 10.1. The van der Waals surface area contributed by atoms with E-state index < -0.39 is 15.9 Å². The van der Waals surface area contributed by atoms with Crippen molar-refractivity contribution in [2.24, 2.45) is 5.14 Å². The number of carbonyl (C=O) groups excluding carboxylic acids is 1. The lowest BCUT2D eigenvalue weighted by atomic mass is 10.2. The second-order valence-corrected chi connectivity index (χ2v) is 5.51. The number of nitrogens with two attached hydrogens (primary N) is 1. The lowest BCUT2D eigenvalue weighted by Gasteiger charge is -2.08. The predicted octanol–water partition coefficient (Wildman–Crippen LogP) is 1.49. The van der Waals surface area contributed by atoms with E-state index in [2.05, 4.69) is 5.32 Å². The smallest absolute Gasteiger partial charge is 0.291 e. The van der Waals surface area contributed by atoms with E-state index in [4.69, 9.17) is 9.56 Å². The Labute approximate surface area is 110 Å². The third-order valence-electron chi connectivity index (χ3n) is 2.52. The normalized spacial score (nSPS) is 11.3. The number of anilines is 1. The quantitative estimate of drug-likeness (QED) is 0.889. The summed E-state index contributed by atoms with van der Waals surface area (Å²) in [5.74, 6) is -0.230. The van der Waals surface area contributed by atoms with Crippen molar-refractivity contribution in [3.05, 3.63) is 47.9 Å². The van der Waals surface area contributed by atoms with Gasteiger partial charge in [-0.1, -0.05) is 0 Å². The topological polar surface area (TPSA) is 102 Å². The maximum Gasteiger partial charge on any atom is 0.291 e. The zero-order chi connectivity index (χ0) is 14.0. The van der Waals surface area contributed by atoms with E-state index in [0.29, 0.717) is 11.3 Å². The van der Waals surface area contributed by atoms with Crippen LogP contribution in [0.4, 0.5) is 5.69 Å². The van der Waals surface area contributed by atoms with Gasteiger partial charge in [-0.05, 0) is 42.8 Å². The van der Waals surface area contributed by atoms with E-state index in [-0.39, 0.29) is 10.7 Å². The van der Waals surface area contributed by atoms with Crippen LogP contribution in [0, 0.1) is 6.92 Å². The molecule has 0 aliphatic rings. The van der Waals surface area contributed by atoms with Crippen molar-refractivity contribution < 1.29 is 17.6 Å². The fourth-order valence-electron chi connectivity index (χ4n) is 1.55. The van der Waals surface area contributed by atoms with Gasteiger partial charge in [0.2, 0.25) is 10.0 Å². The van der Waals surface area contributed by atoms with Crippen LogP contribution in [0.25, 0.3) is 0 Å². The summed E-state index contributed by atoms with van der Waals surface area (Å²) >= 11 is 0. The van der Waals surface area contributed by atoms with E-state index in [1.54, 1.807) is 13.0 Å². The number of amides is 1. The van der Waals surface area contributed by atoms with E-state index in [9.17, 15) is 13.2 Å². The lowest BCUT2D eigenvalue weighted by Crippen LogP contribution is -2.14. The van der Waals surface area contributed by atoms with Gasteiger partial charge in [0, 0.05) is 5.69 Å². The third-order valence-corrected chi connectivity index (χ3v) is 3.43. The minimum Gasteiger partial charge on any atom is -0.459 e. The van der Waals surface area contributed by atoms with Crippen molar-refractivity contribution in [2.45, 2.75) is 11.8 Å². The molecule has 0 unspecified atom stereocenters. The second kappa shape index (κ2) is 4.87. The molecule has 1 amide bonds. The average Bonchev–Trinajstić information content (AvgIpc) is 2.84. The van der Waals surface area contributed by atoms with Gasteiger partial charge in [0.1, 0.15) is 0 Å². The molecule has 1 aromatic heterocycles. The molecule has 0 radical (unpaired) electrons. The highest BCUT2D eigenvalue weighted by Crippen LogP contribution is 2.19. The molecule has 19 heavy (non-hydrogen) atoms. The van der Waals surface area contributed by atoms with Crippen LogP contribution in [-0.2, 0) is 10.0 Å². The minimum atomic E-state index is -3.74. The van der Waals surface area contributed by atoms with Crippen molar-refractivity contribution in [1.29, 1.82) is 0 Å². The molecule has 0 spiro atoms. The van der Waals surface area contributed by atoms with Crippen LogP contribution >= 0.6 is 0 Å². The van der Waals surface area contributed by atoms with Crippen molar-refractivity contribution in [3.8, 4) is 0 Å². The number of rotatable bonds is 3. The van der Waals surface area contributed by atoms with Crippen LogP contribution in [0.2, 0.25) is 0 Å². The fourth-order valence-corrected chi connectivity index (χ4v) is 2.14. The molecule has 1 aromatic carbocycles. The Morgan fingerprint density at radius 1 is 1.32 bits per heavy atom. The highest BCUT2D eigenvalue weighted by Gasteiger charge is 2.13. The molecule has 7 heteroatoms. The van der Waals surface area contributed by atoms with Gasteiger partial charge in [-0.15, -0.1) is 0 Å². The SMILES string of the molecule is Cc1cc(S(N)(=O)=O)ccc1NC(=O)c1ccco1. The Kier molecular flexibility index (Phi) is 3.41. The van der Waals surface area contributed by atoms with Gasteiger partial charge < -0.3 is 9.73 Å². The van der Waals surface area contributed by atoms with Crippen molar-refractivity contribution in [2.75, 3.05) is 5.32 Å². The molecule has 0 aliphatic carbocycles.